The fourth-order valence-electron chi connectivity index (χ4n) is 1.84. The van der Waals surface area contributed by atoms with Crippen molar-refractivity contribution in [3.05, 3.63) is 57.5 Å². The molecule has 5 nitrogen and oxygen atoms in total. The van der Waals surface area contributed by atoms with Gasteiger partial charge in [0.15, 0.2) is 0 Å². The number of hydrogen-bond donors (Lipinski definition) is 2. The fraction of sp³-hybridized carbons (Fsp3) is 0.154. The second kappa shape index (κ2) is 6.13. The van der Waals surface area contributed by atoms with Crippen LogP contribution in [-0.4, -0.2) is 28.8 Å². The van der Waals surface area contributed by atoms with Gasteiger partial charge in [-0.3, -0.25) is 4.79 Å². The predicted octanol–water partition coefficient (Wildman–Crippen LogP) is 0.238. The van der Waals surface area contributed by atoms with E-state index in [1.54, 1.807) is 25.3 Å². The minimum Gasteiger partial charge on any atom is -0.497 e. The highest BCUT2D eigenvalue weighted by Gasteiger charge is 2.12. The minimum atomic E-state index is -1.65. The standard InChI is InChI=1S/C13H13BClNO4/c1-20-12-5-9(4-11(15)7-12)8-16-3-2-10(14(18)19)6-13(16)17/h2-7,18-19H,8H2,1H3. The Morgan fingerprint density at radius 1 is 1.30 bits per heavy atom. The van der Waals surface area contributed by atoms with Crippen molar-refractivity contribution >= 4 is 24.2 Å². The van der Waals surface area contributed by atoms with E-state index in [1.165, 1.54) is 22.9 Å². The summed E-state index contributed by atoms with van der Waals surface area (Å²) in [6.07, 6.45) is 1.50. The lowest BCUT2D eigenvalue weighted by Gasteiger charge is -2.09. The van der Waals surface area contributed by atoms with E-state index in [4.69, 9.17) is 26.4 Å². The Labute approximate surface area is 121 Å². The fourth-order valence-corrected chi connectivity index (χ4v) is 2.09. The van der Waals surface area contributed by atoms with Gasteiger partial charge in [-0.2, -0.15) is 0 Å². The van der Waals surface area contributed by atoms with E-state index in [0.29, 0.717) is 17.3 Å². The number of rotatable bonds is 4. The summed E-state index contributed by atoms with van der Waals surface area (Å²) in [7, 11) is -0.109. The van der Waals surface area contributed by atoms with Gasteiger partial charge in [0.25, 0.3) is 0 Å². The summed E-state index contributed by atoms with van der Waals surface area (Å²) in [5.41, 5.74) is 0.651. The molecule has 0 unspecified atom stereocenters. The third-order valence-corrected chi connectivity index (χ3v) is 3.06. The Balaban J connectivity index is 2.30. The van der Waals surface area contributed by atoms with Crippen molar-refractivity contribution in [2.45, 2.75) is 6.54 Å². The van der Waals surface area contributed by atoms with Crippen LogP contribution >= 0.6 is 11.6 Å². The van der Waals surface area contributed by atoms with Crippen LogP contribution in [0, 0.1) is 0 Å². The highest BCUT2D eigenvalue weighted by atomic mass is 35.5. The molecule has 0 spiro atoms. The molecular formula is C13H13BClNO4. The van der Waals surface area contributed by atoms with Gasteiger partial charge in [0, 0.05) is 17.3 Å². The van der Waals surface area contributed by atoms with Gasteiger partial charge in [-0.05, 0) is 35.3 Å². The van der Waals surface area contributed by atoms with E-state index >= 15 is 0 Å². The van der Waals surface area contributed by atoms with Gasteiger partial charge in [-0.25, -0.2) is 0 Å². The number of hydrogen-bond acceptors (Lipinski definition) is 4. The number of benzene rings is 1. The van der Waals surface area contributed by atoms with Crippen molar-refractivity contribution in [1.29, 1.82) is 0 Å². The average molecular weight is 294 g/mol. The molecule has 0 amide bonds. The third-order valence-electron chi connectivity index (χ3n) is 2.84. The van der Waals surface area contributed by atoms with Gasteiger partial charge >= 0.3 is 7.12 Å². The monoisotopic (exact) mass is 293 g/mol. The highest BCUT2D eigenvalue weighted by molar-refractivity contribution is 6.58. The van der Waals surface area contributed by atoms with Crippen LogP contribution in [0.3, 0.4) is 0 Å². The normalized spacial score (nSPS) is 10.4. The molecule has 0 radical (unpaired) electrons. The molecule has 7 heteroatoms. The lowest BCUT2D eigenvalue weighted by atomic mass is 9.81. The van der Waals surface area contributed by atoms with Gasteiger partial charge in [0.1, 0.15) is 5.75 Å². The molecule has 1 aromatic carbocycles. The molecule has 2 rings (SSSR count). The molecule has 2 N–H and O–H groups in total. The first-order chi connectivity index (χ1) is 9.49. The molecule has 0 fully saturated rings. The Kier molecular flexibility index (Phi) is 4.49. The van der Waals surface area contributed by atoms with Gasteiger partial charge in [-0.1, -0.05) is 11.6 Å². The molecule has 2 aromatic rings. The van der Waals surface area contributed by atoms with E-state index < -0.39 is 7.12 Å². The molecule has 0 aliphatic heterocycles. The predicted molar refractivity (Wildman–Crippen MR) is 77.6 cm³/mol. The van der Waals surface area contributed by atoms with Crippen molar-refractivity contribution < 1.29 is 14.8 Å². The van der Waals surface area contributed by atoms with Gasteiger partial charge in [0.2, 0.25) is 5.56 Å². The van der Waals surface area contributed by atoms with Crippen molar-refractivity contribution in [3.8, 4) is 5.75 Å². The maximum atomic E-state index is 11.9. The van der Waals surface area contributed by atoms with Crippen molar-refractivity contribution in [3.63, 3.8) is 0 Å². The quantitative estimate of drug-likeness (QED) is 0.792. The summed E-state index contributed by atoms with van der Waals surface area (Å²) in [4.78, 5) is 11.9. The third kappa shape index (κ3) is 3.42. The highest BCUT2D eigenvalue weighted by Crippen LogP contribution is 2.21. The van der Waals surface area contributed by atoms with E-state index in [9.17, 15) is 4.79 Å². The number of nitrogens with zero attached hydrogens (tertiary/aromatic N) is 1. The topological polar surface area (TPSA) is 71.7 Å². The van der Waals surface area contributed by atoms with E-state index in [2.05, 4.69) is 0 Å². The molecule has 1 heterocycles. The number of aromatic nitrogens is 1. The number of ether oxygens (including phenoxy) is 1. The summed E-state index contributed by atoms with van der Waals surface area (Å²) in [6, 6.07) is 7.87. The van der Waals surface area contributed by atoms with Crippen molar-refractivity contribution in [2.24, 2.45) is 0 Å². The van der Waals surface area contributed by atoms with Crippen molar-refractivity contribution in [1.82, 2.24) is 4.57 Å². The van der Waals surface area contributed by atoms with E-state index in [1.807, 2.05) is 0 Å². The maximum Gasteiger partial charge on any atom is 0.488 e. The molecule has 0 bridgehead atoms. The molecule has 0 aliphatic rings. The maximum absolute atomic E-state index is 11.9. The SMILES string of the molecule is COc1cc(Cl)cc(Cn2ccc(B(O)O)cc2=O)c1. The van der Waals surface area contributed by atoms with Crippen LogP contribution in [0.25, 0.3) is 0 Å². The zero-order chi connectivity index (χ0) is 14.7. The van der Waals surface area contributed by atoms with Crippen LogP contribution in [0.1, 0.15) is 5.56 Å². The first-order valence-electron chi connectivity index (χ1n) is 5.89. The van der Waals surface area contributed by atoms with Crippen LogP contribution in [0.4, 0.5) is 0 Å². The molecular weight excluding hydrogens is 280 g/mol. The second-order valence-corrected chi connectivity index (χ2v) is 4.74. The summed E-state index contributed by atoms with van der Waals surface area (Å²) in [5.74, 6) is 0.614. The second-order valence-electron chi connectivity index (χ2n) is 4.30. The smallest absolute Gasteiger partial charge is 0.488 e. The lowest BCUT2D eigenvalue weighted by Crippen LogP contribution is -2.35. The Bertz CT molecular complexity index is 672. The van der Waals surface area contributed by atoms with Gasteiger partial charge < -0.3 is 19.4 Å². The molecule has 0 atom stereocenters. The first-order valence-corrected chi connectivity index (χ1v) is 6.27. The van der Waals surface area contributed by atoms with Crippen LogP contribution in [0.5, 0.6) is 5.75 Å². The van der Waals surface area contributed by atoms with Gasteiger partial charge in [-0.15, -0.1) is 0 Å². The Morgan fingerprint density at radius 2 is 2.05 bits per heavy atom. The summed E-state index contributed by atoms with van der Waals surface area (Å²) < 4.78 is 6.56. The molecule has 104 valence electrons. The van der Waals surface area contributed by atoms with Gasteiger partial charge in [0.05, 0.1) is 13.7 Å². The zero-order valence-electron chi connectivity index (χ0n) is 10.8. The lowest BCUT2D eigenvalue weighted by molar-refractivity contribution is 0.414. The summed E-state index contributed by atoms with van der Waals surface area (Å²) in [5, 5.41) is 18.5. The minimum absolute atomic E-state index is 0.162. The average Bonchev–Trinajstić information content (AvgIpc) is 2.40. The number of methoxy groups -OCH3 is 1. The molecule has 20 heavy (non-hydrogen) atoms. The summed E-state index contributed by atoms with van der Waals surface area (Å²) in [6.45, 7) is 0.317. The van der Waals surface area contributed by atoms with Crippen LogP contribution in [-0.2, 0) is 6.54 Å². The van der Waals surface area contributed by atoms with Crippen LogP contribution in [0.15, 0.2) is 41.3 Å². The molecule has 0 saturated heterocycles. The molecule has 1 aromatic heterocycles. The zero-order valence-corrected chi connectivity index (χ0v) is 11.5. The summed E-state index contributed by atoms with van der Waals surface area (Å²) >= 11 is 5.97. The van der Waals surface area contributed by atoms with E-state index in [-0.39, 0.29) is 11.0 Å². The largest absolute Gasteiger partial charge is 0.497 e. The van der Waals surface area contributed by atoms with Crippen LogP contribution < -0.4 is 15.8 Å². The Hall–Kier alpha value is -1.76. The number of pyridine rings is 1. The number of halogens is 1. The van der Waals surface area contributed by atoms with Crippen LogP contribution in [0.2, 0.25) is 5.02 Å². The Morgan fingerprint density at radius 3 is 2.65 bits per heavy atom. The van der Waals surface area contributed by atoms with E-state index in [0.717, 1.165) is 5.56 Å². The first kappa shape index (κ1) is 14.6. The molecule has 0 aliphatic carbocycles. The molecule has 0 saturated carbocycles. The van der Waals surface area contributed by atoms with Crippen molar-refractivity contribution in [2.75, 3.05) is 7.11 Å².